The van der Waals surface area contributed by atoms with Crippen LogP contribution in [0.15, 0.2) is 43.0 Å². The number of benzene rings is 1. The highest BCUT2D eigenvalue weighted by atomic mass is 19.1. The average Bonchev–Trinajstić information content (AvgIpc) is 3.03. The van der Waals surface area contributed by atoms with Gasteiger partial charge in [-0.3, -0.25) is 9.36 Å². The van der Waals surface area contributed by atoms with Crippen molar-refractivity contribution in [3.63, 3.8) is 0 Å². The van der Waals surface area contributed by atoms with E-state index in [9.17, 15) is 9.18 Å². The Balaban J connectivity index is 1.44. The fourth-order valence-electron chi connectivity index (χ4n) is 2.45. The molecule has 2 heterocycles. The van der Waals surface area contributed by atoms with Gasteiger partial charge in [0.2, 0.25) is 0 Å². The number of nitrogens with one attached hydrogen (secondary N) is 2. The van der Waals surface area contributed by atoms with Crippen LogP contribution in [0.2, 0.25) is 0 Å². The van der Waals surface area contributed by atoms with Gasteiger partial charge in [0.15, 0.2) is 18.2 Å². The van der Waals surface area contributed by atoms with E-state index in [0.29, 0.717) is 24.7 Å². The van der Waals surface area contributed by atoms with E-state index in [1.165, 1.54) is 18.5 Å². The maximum absolute atomic E-state index is 13.4. The van der Waals surface area contributed by atoms with Crippen molar-refractivity contribution in [3.8, 4) is 11.6 Å². The standard InChI is InChI=1S/C19H21FN6O2/c1-13-14(2)26(12-25-13)18-9-17(23-11-24-18)21-7-8-22-19(27)10-28-16-6-4-3-5-15(16)20/h3-6,9,11-12H,7-8,10H2,1-2H3,(H,22,27)(H,21,23,24). The Bertz CT molecular complexity index is 959. The molecule has 0 aliphatic rings. The predicted molar refractivity (Wildman–Crippen MR) is 102 cm³/mol. The minimum absolute atomic E-state index is 0.0503. The van der Waals surface area contributed by atoms with Gasteiger partial charge < -0.3 is 15.4 Å². The molecule has 0 aliphatic heterocycles. The highest BCUT2D eigenvalue weighted by Crippen LogP contribution is 2.15. The van der Waals surface area contributed by atoms with Crippen LogP contribution in [0.3, 0.4) is 0 Å². The maximum Gasteiger partial charge on any atom is 0.258 e. The molecule has 28 heavy (non-hydrogen) atoms. The number of rotatable bonds is 8. The lowest BCUT2D eigenvalue weighted by Gasteiger charge is -2.10. The van der Waals surface area contributed by atoms with Crippen LogP contribution in [0, 0.1) is 19.7 Å². The van der Waals surface area contributed by atoms with Gasteiger partial charge in [0.05, 0.1) is 5.69 Å². The topological polar surface area (TPSA) is 94.0 Å². The van der Waals surface area contributed by atoms with Crippen LogP contribution in [-0.4, -0.2) is 45.1 Å². The van der Waals surface area contributed by atoms with E-state index in [1.807, 2.05) is 18.4 Å². The van der Waals surface area contributed by atoms with Gasteiger partial charge in [-0.2, -0.15) is 0 Å². The van der Waals surface area contributed by atoms with Gasteiger partial charge in [0.1, 0.15) is 24.3 Å². The highest BCUT2D eigenvalue weighted by Gasteiger charge is 2.08. The first-order valence-corrected chi connectivity index (χ1v) is 8.75. The molecule has 3 aromatic rings. The van der Waals surface area contributed by atoms with Crippen LogP contribution >= 0.6 is 0 Å². The quantitative estimate of drug-likeness (QED) is 0.577. The van der Waals surface area contributed by atoms with Crippen molar-refractivity contribution in [1.29, 1.82) is 0 Å². The van der Waals surface area contributed by atoms with Crippen LogP contribution < -0.4 is 15.4 Å². The van der Waals surface area contributed by atoms with E-state index in [1.54, 1.807) is 24.5 Å². The number of halogens is 1. The molecule has 0 unspecified atom stereocenters. The third kappa shape index (κ3) is 4.81. The molecule has 0 radical (unpaired) electrons. The molecule has 2 N–H and O–H groups in total. The van der Waals surface area contributed by atoms with Crippen LogP contribution in [0.25, 0.3) is 5.82 Å². The van der Waals surface area contributed by atoms with Crippen molar-refractivity contribution in [2.45, 2.75) is 13.8 Å². The molecule has 3 rings (SSSR count). The number of ether oxygens (including phenoxy) is 1. The van der Waals surface area contributed by atoms with Crippen molar-refractivity contribution in [1.82, 2.24) is 24.8 Å². The summed E-state index contributed by atoms with van der Waals surface area (Å²) in [7, 11) is 0. The monoisotopic (exact) mass is 384 g/mol. The maximum atomic E-state index is 13.4. The number of carbonyl (C=O) groups excluding carboxylic acids is 1. The first-order valence-electron chi connectivity index (χ1n) is 8.75. The first-order chi connectivity index (χ1) is 13.5. The summed E-state index contributed by atoms with van der Waals surface area (Å²) in [6.07, 6.45) is 3.18. The number of hydrogen-bond donors (Lipinski definition) is 2. The lowest BCUT2D eigenvalue weighted by atomic mass is 10.3. The summed E-state index contributed by atoms with van der Waals surface area (Å²) in [4.78, 5) is 24.5. The van der Waals surface area contributed by atoms with Crippen molar-refractivity contribution >= 4 is 11.7 Å². The van der Waals surface area contributed by atoms with Gasteiger partial charge in [0, 0.05) is 24.8 Å². The molecule has 0 atom stereocenters. The summed E-state index contributed by atoms with van der Waals surface area (Å²) in [5.41, 5.74) is 1.94. The summed E-state index contributed by atoms with van der Waals surface area (Å²) >= 11 is 0. The Morgan fingerprint density at radius 2 is 2.00 bits per heavy atom. The number of aryl methyl sites for hydroxylation is 1. The van der Waals surface area contributed by atoms with Gasteiger partial charge in [-0.1, -0.05) is 12.1 Å². The van der Waals surface area contributed by atoms with E-state index in [0.717, 1.165) is 11.4 Å². The lowest BCUT2D eigenvalue weighted by Crippen LogP contribution is -2.32. The Morgan fingerprint density at radius 3 is 2.75 bits per heavy atom. The number of nitrogens with zero attached hydrogens (tertiary/aromatic N) is 4. The number of aromatic nitrogens is 4. The minimum atomic E-state index is -0.500. The smallest absolute Gasteiger partial charge is 0.258 e. The number of imidazole rings is 1. The molecular formula is C19H21FN6O2. The first kappa shape index (κ1) is 19.3. The highest BCUT2D eigenvalue weighted by molar-refractivity contribution is 5.77. The number of hydrogen-bond acceptors (Lipinski definition) is 6. The second-order valence-electron chi connectivity index (χ2n) is 6.04. The zero-order valence-corrected chi connectivity index (χ0v) is 15.6. The zero-order chi connectivity index (χ0) is 19.9. The summed E-state index contributed by atoms with van der Waals surface area (Å²) in [6, 6.07) is 7.75. The minimum Gasteiger partial charge on any atom is -0.481 e. The Morgan fingerprint density at radius 1 is 1.18 bits per heavy atom. The predicted octanol–water partition coefficient (Wildman–Crippen LogP) is 2.03. The third-order valence-corrected chi connectivity index (χ3v) is 4.10. The fourth-order valence-corrected chi connectivity index (χ4v) is 2.45. The Labute approximate surface area is 161 Å². The van der Waals surface area contributed by atoms with E-state index >= 15 is 0 Å². The average molecular weight is 384 g/mol. The van der Waals surface area contributed by atoms with E-state index in [-0.39, 0.29) is 18.3 Å². The van der Waals surface area contributed by atoms with Gasteiger partial charge in [-0.25, -0.2) is 19.3 Å². The van der Waals surface area contributed by atoms with Crippen LogP contribution in [0.5, 0.6) is 5.75 Å². The third-order valence-electron chi connectivity index (χ3n) is 4.10. The van der Waals surface area contributed by atoms with Gasteiger partial charge in [-0.15, -0.1) is 0 Å². The Kier molecular flexibility index (Phi) is 6.15. The van der Waals surface area contributed by atoms with Gasteiger partial charge in [0.25, 0.3) is 5.91 Å². The molecular weight excluding hydrogens is 363 g/mol. The normalized spacial score (nSPS) is 10.5. The van der Waals surface area contributed by atoms with Crippen LogP contribution in [0.4, 0.5) is 10.2 Å². The molecule has 0 spiro atoms. The number of carbonyl (C=O) groups is 1. The molecule has 2 aromatic heterocycles. The molecule has 9 heteroatoms. The molecule has 0 bridgehead atoms. The van der Waals surface area contributed by atoms with Crippen LogP contribution in [-0.2, 0) is 4.79 Å². The molecule has 0 saturated heterocycles. The summed E-state index contributed by atoms with van der Waals surface area (Å²) in [5, 5.41) is 5.81. The largest absolute Gasteiger partial charge is 0.481 e. The zero-order valence-electron chi connectivity index (χ0n) is 15.6. The van der Waals surface area contributed by atoms with Gasteiger partial charge in [-0.05, 0) is 26.0 Å². The molecule has 1 amide bonds. The fraction of sp³-hybridized carbons (Fsp3) is 0.263. The van der Waals surface area contributed by atoms with Crippen molar-refractivity contribution in [3.05, 3.63) is 60.2 Å². The van der Waals surface area contributed by atoms with Crippen LogP contribution in [0.1, 0.15) is 11.4 Å². The second-order valence-corrected chi connectivity index (χ2v) is 6.04. The van der Waals surface area contributed by atoms with E-state index in [4.69, 9.17) is 4.74 Å². The summed E-state index contributed by atoms with van der Waals surface area (Å²) in [5.74, 6) is 0.553. The second kappa shape index (κ2) is 8.94. The molecule has 8 nitrogen and oxygen atoms in total. The van der Waals surface area contributed by atoms with Crippen molar-refractivity contribution < 1.29 is 13.9 Å². The number of anilines is 1. The number of amides is 1. The molecule has 1 aromatic carbocycles. The molecule has 0 fully saturated rings. The van der Waals surface area contributed by atoms with E-state index in [2.05, 4.69) is 25.6 Å². The Hall–Kier alpha value is -3.49. The van der Waals surface area contributed by atoms with E-state index < -0.39 is 5.82 Å². The molecule has 146 valence electrons. The summed E-state index contributed by atoms with van der Waals surface area (Å²) < 4.78 is 20.5. The SMILES string of the molecule is Cc1ncn(-c2cc(NCCNC(=O)COc3ccccc3F)ncn2)c1C. The van der Waals surface area contributed by atoms with Crippen molar-refractivity contribution in [2.24, 2.45) is 0 Å². The molecule has 0 saturated carbocycles. The molecule has 0 aliphatic carbocycles. The number of para-hydroxylation sites is 1. The van der Waals surface area contributed by atoms with Gasteiger partial charge >= 0.3 is 0 Å². The lowest BCUT2D eigenvalue weighted by molar-refractivity contribution is -0.123. The summed E-state index contributed by atoms with van der Waals surface area (Å²) in [6.45, 7) is 4.48. The van der Waals surface area contributed by atoms with Crippen molar-refractivity contribution in [2.75, 3.05) is 25.0 Å².